The lowest BCUT2D eigenvalue weighted by molar-refractivity contribution is 0.0683. The van der Waals surface area contributed by atoms with Crippen molar-refractivity contribution in [1.29, 1.82) is 0 Å². The number of nitrogens with zero attached hydrogens (tertiary/aromatic N) is 1. The standard InChI is InChI=1S/C21H26N2O3S/c1-16-5-7-18(8-6-16)14-22-27(25,26)20-11-9-19(10-12-20)21(24)23-13-3-4-17(2)15-23/h5-12,17,22H,3-4,13-15H2,1-2H3. The number of likely N-dealkylation sites (tertiary alicyclic amines) is 1. The molecule has 1 unspecified atom stereocenters. The third kappa shape index (κ3) is 4.96. The van der Waals surface area contributed by atoms with Gasteiger partial charge in [0.05, 0.1) is 4.90 Å². The van der Waals surface area contributed by atoms with Gasteiger partial charge in [-0.15, -0.1) is 0 Å². The van der Waals surface area contributed by atoms with Crippen LogP contribution in [0.15, 0.2) is 53.4 Å². The summed E-state index contributed by atoms with van der Waals surface area (Å²) in [6, 6.07) is 13.9. The molecule has 1 aliphatic heterocycles. The van der Waals surface area contributed by atoms with Gasteiger partial charge in [-0.25, -0.2) is 13.1 Å². The Morgan fingerprint density at radius 3 is 2.41 bits per heavy atom. The summed E-state index contributed by atoms with van der Waals surface area (Å²) in [5.74, 6) is 0.478. The molecule has 144 valence electrons. The Morgan fingerprint density at radius 1 is 1.11 bits per heavy atom. The van der Waals surface area contributed by atoms with Crippen molar-refractivity contribution in [2.24, 2.45) is 5.92 Å². The first-order valence-corrected chi connectivity index (χ1v) is 10.8. The molecule has 0 spiro atoms. The van der Waals surface area contributed by atoms with E-state index in [-0.39, 0.29) is 17.3 Å². The molecule has 2 aromatic carbocycles. The first-order valence-electron chi connectivity index (χ1n) is 9.30. The van der Waals surface area contributed by atoms with Crippen LogP contribution in [0.25, 0.3) is 0 Å². The highest BCUT2D eigenvalue weighted by atomic mass is 32.2. The number of carbonyl (C=O) groups is 1. The Kier molecular flexibility index (Phi) is 5.97. The van der Waals surface area contributed by atoms with Crippen LogP contribution in [0.1, 0.15) is 41.3 Å². The highest BCUT2D eigenvalue weighted by molar-refractivity contribution is 7.89. The van der Waals surface area contributed by atoms with Crippen LogP contribution in [0.5, 0.6) is 0 Å². The van der Waals surface area contributed by atoms with E-state index >= 15 is 0 Å². The summed E-state index contributed by atoms with van der Waals surface area (Å²) in [6.45, 7) is 5.89. The van der Waals surface area contributed by atoms with E-state index < -0.39 is 10.0 Å². The third-order valence-electron chi connectivity index (χ3n) is 4.94. The lowest BCUT2D eigenvalue weighted by Crippen LogP contribution is -2.39. The summed E-state index contributed by atoms with van der Waals surface area (Å²) in [6.07, 6.45) is 2.16. The Morgan fingerprint density at radius 2 is 1.78 bits per heavy atom. The molecule has 6 heteroatoms. The van der Waals surface area contributed by atoms with Gasteiger partial charge in [-0.2, -0.15) is 0 Å². The number of amides is 1. The summed E-state index contributed by atoms with van der Waals surface area (Å²) in [5, 5.41) is 0. The highest BCUT2D eigenvalue weighted by Crippen LogP contribution is 2.19. The third-order valence-corrected chi connectivity index (χ3v) is 6.36. The number of hydrogen-bond acceptors (Lipinski definition) is 3. The predicted molar refractivity (Wildman–Crippen MR) is 106 cm³/mol. The molecule has 1 aliphatic rings. The van der Waals surface area contributed by atoms with Gasteiger partial charge >= 0.3 is 0 Å². The van der Waals surface area contributed by atoms with Gasteiger partial charge < -0.3 is 4.90 Å². The number of nitrogens with one attached hydrogen (secondary N) is 1. The summed E-state index contributed by atoms with van der Waals surface area (Å²) >= 11 is 0. The molecule has 27 heavy (non-hydrogen) atoms. The van der Waals surface area contributed by atoms with Crippen molar-refractivity contribution < 1.29 is 13.2 Å². The van der Waals surface area contributed by atoms with Crippen LogP contribution in [0.4, 0.5) is 0 Å². The minimum Gasteiger partial charge on any atom is -0.338 e. The Bertz CT molecular complexity index is 890. The minimum absolute atomic E-state index is 0.0295. The SMILES string of the molecule is Cc1ccc(CNS(=O)(=O)c2ccc(C(=O)N3CCCC(C)C3)cc2)cc1. The first kappa shape index (κ1) is 19.6. The normalized spacial score (nSPS) is 17.7. The summed E-state index contributed by atoms with van der Waals surface area (Å²) in [7, 11) is -3.62. The molecule has 1 saturated heterocycles. The van der Waals surface area contributed by atoms with Gasteiger partial charge in [-0.05, 0) is 55.5 Å². The Balaban J connectivity index is 1.66. The molecule has 0 radical (unpaired) electrons. The Labute approximate surface area is 161 Å². The van der Waals surface area contributed by atoms with E-state index in [1.54, 1.807) is 12.1 Å². The molecule has 3 rings (SSSR count). The lowest BCUT2D eigenvalue weighted by Gasteiger charge is -2.31. The van der Waals surface area contributed by atoms with Gasteiger partial charge in [0.1, 0.15) is 0 Å². The number of piperidine rings is 1. The van der Waals surface area contributed by atoms with Crippen molar-refractivity contribution in [3.05, 3.63) is 65.2 Å². The molecule has 1 amide bonds. The van der Waals surface area contributed by atoms with Crippen molar-refractivity contribution in [3.8, 4) is 0 Å². The van der Waals surface area contributed by atoms with E-state index in [4.69, 9.17) is 0 Å². The number of benzene rings is 2. The number of hydrogen-bond donors (Lipinski definition) is 1. The molecule has 0 aliphatic carbocycles. The van der Waals surface area contributed by atoms with Crippen molar-refractivity contribution in [2.75, 3.05) is 13.1 Å². The smallest absolute Gasteiger partial charge is 0.253 e. The Hall–Kier alpha value is -2.18. The van der Waals surface area contributed by atoms with Crippen LogP contribution in [0.3, 0.4) is 0 Å². The number of carbonyl (C=O) groups excluding carboxylic acids is 1. The van der Waals surface area contributed by atoms with E-state index in [0.717, 1.165) is 37.1 Å². The molecule has 1 atom stereocenters. The second kappa shape index (κ2) is 8.23. The van der Waals surface area contributed by atoms with E-state index in [2.05, 4.69) is 11.6 Å². The average molecular weight is 387 g/mol. The summed E-state index contributed by atoms with van der Waals surface area (Å²) < 4.78 is 27.6. The van der Waals surface area contributed by atoms with E-state index in [9.17, 15) is 13.2 Å². The fourth-order valence-electron chi connectivity index (χ4n) is 3.30. The fraction of sp³-hybridized carbons (Fsp3) is 0.381. The van der Waals surface area contributed by atoms with Gasteiger partial charge in [0.2, 0.25) is 10.0 Å². The van der Waals surface area contributed by atoms with Crippen molar-refractivity contribution in [2.45, 2.75) is 38.1 Å². The maximum atomic E-state index is 12.6. The second-order valence-corrected chi connectivity index (χ2v) is 9.10. The summed E-state index contributed by atoms with van der Waals surface area (Å²) in [5.41, 5.74) is 2.56. The first-order chi connectivity index (χ1) is 12.8. The molecule has 0 aromatic heterocycles. The zero-order chi connectivity index (χ0) is 19.4. The second-order valence-electron chi connectivity index (χ2n) is 7.33. The monoisotopic (exact) mass is 386 g/mol. The van der Waals surface area contributed by atoms with Gasteiger partial charge in [0, 0.05) is 25.2 Å². The molecule has 0 bridgehead atoms. The maximum Gasteiger partial charge on any atom is 0.253 e. The van der Waals surface area contributed by atoms with Crippen LogP contribution in [0.2, 0.25) is 0 Å². The zero-order valence-electron chi connectivity index (χ0n) is 15.8. The minimum atomic E-state index is -3.62. The number of sulfonamides is 1. The van der Waals surface area contributed by atoms with Crippen LogP contribution in [-0.4, -0.2) is 32.3 Å². The van der Waals surface area contributed by atoms with Crippen LogP contribution < -0.4 is 4.72 Å². The van der Waals surface area contributed by atoms with Gasteiger partial charge in [-0.3, -0.25) is 4.79 Å². The largest absolute Gasteiger partial charge is 0.338 e. The average Bonchev–Trinajstić information content (AvgIpc) is 2.67. The lowest BCUT2D eigenvalue weighted by atomic mass is 9.99. The molecule has 1 fully saturated rings. The van der Waals surface area contributed by atoms with Gasteiger partial charge in [0.25, 0.3) is 5.91 Å². The van der Waals surface area contributed by atoms with Gasteiger partial charge in [0.15, 0.2) is 0 Å². The van der Waals surface area contributed by atoms with E-state index in [1.807, 2.05) is 36.1 Å². The molecule has 0 saturated carbocycles. The maximum absolute atomic E-state index is 12.6. The van der Waals surface area contributed by atoms with Crippen LogP contribution in [0, 0.1) is 12.8 Å². The van der Waals surface area contributed by atoms with Crippen LogP contribution in [-0.2, 0) is 16.6 Å². The molecular weight excluding hydrogens is 360 g/mol. The summed E-state index contributed by atoms with van der Waals surface area (Å²) in [4.78, 5) is 14.6. The predicted octanol–water partition coefficient (Wildman–Crippen LogP) is 3.35. The van der Waals surface area contributed by atoms with E-state index in [0.29, 0.717) is 11.5 Å². The zero-order valence-corrected chi connectivity index (χ0v) is 16.6. The van der Waals surface area contributed by atoms with Crippen molar-refractivity contribution in [3.63, 3.8) is 0 Å². The van der Waals surface area contributed by atoms with Gasteiger partial charge in [-0.1, -0.05) is 36.8 Å². The van der Waals surface area contributed by atoms with Crippen LogP contribution >= 0.6 is 0 Å². The molecule has 1 heterocycles. The fourth-order valence-corrected chi connectivity index (χ4v) is 4.32. The number of rotatable bonds is 5. The highest BCUT2D eigenvalue weighted by Gasteiger charge is 2.22. The number of aryl methyl sites for hydroxylation is 1. The quantitative estimate of drug-likeness (QED) is 0.857. The van der Waals surface area contributed by atoms with Crippen molar-refractivity contribution >= 4 is 15.9 Å². The molecular formula is C21H26N2O3S. The topological polar surface area (TPSA) is 66.5 Å². The molecule has 1 N–H and O–H groups in total. The molecule has 2 aromatic rings. The van der Waals surface area contributed by atoms with E-state index in [1.165, 1.54) is 12.1 Å². The molecule has 5 nitrogen and oxygen atoms in total. The van der Waals surface area contributed by atoms with Crippen molar-refractivity contribution in [1.82, 2.24) is 9.62 Å².